The van der Waals surface area contributed by atoms with Crippen molar-refractivity contribution in [3.8, 4) is 0 Å². The summed E-state index contributed by atoms with van der Waals surface area (Å²) in [4.78, 5) is 25.1. The Kier molecular flexibility index (Phi) is 4.75. The van der Waals surface area contributed by atoms with Crippen molar-refractivity contribution in [1.82, 2.24) is 10.2 Å². The molecule has 1 heterocycles. The minimum atomic E-state index is -0.103. The molecule has 0 radical (unpaired) electrons. The van der Waals surface area contributed by atoms with Gasteiger partial charge in [0.15, 0.2) is 0 Å². The van der Waals surface area contributed by atoms with Crippen molar-refractivity contribution < 1.29 is 9.59 Å². The Labute approximate surface area is 109 Å². The maximum Gasteiger partial charge on any atom is 0.237 e. The number of hydrogen-bond donors (Lipinski definition) is 1. The van der Waals surface area contributed by atoms with E-state index in [0.717, 1.165) is 45.1 Å². The average molecular weight is 252 g/mol. The molecule has 0 aromatic heterocycles. The van der Waals surface area contributed by atoms with Crippen LogP contribution in [0, 0.1) is 5.92 Å². The normalized spacial score (nSPS) is 27.9. The molecule has 0 spiro atoms. The highest BCUT2D eigenvalue weighted by atomic mass is 16.2. The number of carbonyl (C=O) groups is 2. The predicted molar refractivity (Wildman–Crippen MR) is 70.2 cm³/mol. The highest BCUT2D eigenvalue weighted by molar-refractivity contribution is 5.81. The first kappa shape index (κ1) is 13.5. The van der Waals surface area contributed by atoms with Crippen LogP contribution in [0.15, 0.2) is 0 Å². The van der Waals surface area contributed by atoms with E-state index in [1.807, 2.05) is 6.92 Å². The van der Waals surface area contributed by atoms with Gasteiger partial charge in [-0.1, -0.05) is 12.8 Å². The van der Waals surface area contributed by atoms with Gasteiger partial charge >= 0.3 is 0 Å². The van der Waals surface area contributed by atoms with E-state index in [-0.39, 0.29) is 17.9 Å². The Bertz CT molecular complexity index is 300. The second-order valence-electron chi connectivity index (χ2n) is 5.70. The van der Waals surface area contributed by atoms with Crippen molar-refractivity contribution >= 4 is 12.2 Å². The van der Waals surface area contributed by atoms with Gasteiger partial charge in [0.1, 0.15) is 6.29 Å². The minimum absolute atomic E-state index is 0.103. The maximum absolute atomic E-state index is 12.2. The maximum atomic E-state index is 12.2. The molecule has 2 unspecified atom stereocenters. The van der Waals surface area contributed by atoms with Gasteiger partial charge in [-0.3, -0.25) is 9.69 Å². The van der Waals surface area contributed by atoms with Crippen LogP contribution in [0.3, 0.4) is 0 Å². The average Bonchev–Trinajstić information content (AvgIpc) is 2.90. The van der Waals surface area contributed by atoms with Gasteiger partial charge in [-0.2, -0.15) is 0 Å². The van der Waals surface area contributed by atoms with Crippen molar-refractivity contribution in [2.24, 2.45) is 5.92 Å². The second-order valence-corrected chi connectivity index (χ2v) is 5.70. The summed E-state index contributed by atoms with van der Waals surface area (Å²) < 4.78 is 0. The third-order valence-corrected chi connectivity index (χ3v) is 4.31. The monoisotopic (exact) mass is 252 g/mol. The predicted octanol–water partition coefficient (Wildman–Crippen LogP) is 1.34. The summed E-state index contributed by atoms with van der Waals surface area (Å²) in [6, 6.07) is 0.278. The summed E-state index contributed by atoms with van der Waals surface area (Å²) in [5.74, 6) is 0.244. The molecule has 1 N–H and O–H groups in total. The molecule has 18 heavy (non-hydrogen) atoms. The van der Waals surface area contributed by atoms with Crippen molar-refractivity contribution in [2.75, 3.05) is 13.1 Å². The van der Waals surface area contributed by atoms with Gasteiger partial charge in [-0.25, -0.2) is 0 Å². The van der Waals surface area contributed by atoms with Crippen LogP contribution in [0.25, 0.3) is 0 Å². The van der Waals surface area contributed by atoms with Crippen molar-refractivity contribution in [2.45, 2.75) is 57.5 Å². The van der Waals surface area contributed by atoms with Crippen LogP contribution < -0.4 is 5.32 Å². The van der Waals surface area contributed by atoms with Gasteiger partial charge < -0.3 is 10.1 Å². The number of nitrogens with one attached hydrogen (secondary N) is 1. The van der Waals surface area contributed by atoms with E-state index in [9.17, 15) is 9.59 Å². The number of piperidine rings is 1. The fourth-order valence-corrected chi connectivity index (χ4v) is 3.06. The standard InChI is InChI=1S/C14H24N2O2/c1-11(14(18)15-13-6-2-3-7-13)16-8-4-5-12(9-16)10-17/h10-13H,2-9H2,1H3,(H,15,18). The number of likely N-dealkylation sites (tertiary alicyclic amines) is 1. The molecule has 4 heteroatoms. The molecule has 1 aliphatic heterocycles. The van der Waals surface area contributed by atoms with E-state index in [2.05, 4.69) is 10.2 Å². The van der Waals surface area contributed by atoms with Crippen molar-refractivity contribution in [3.05, 3.63) is 0 Å². The van der Waals surface area contributed by atoms with Crippen molar-refractivity contribution in [1.29, 1.82) is 0 Å². The Balaban J connectivity index is 1.83. The molecular weight excluding hydrogens is 228 g/mol. The summed E-state index contributed by atoms with van der Waals surface area (Å²) in [6.45, 7) is 3.63. The lowest BCUT2D eigenvalue weighted by atomic mass is 9.98. The summed E-state index contributed by atoms with van der Waals surface area (Å²) in [6.07, 6.45) is 7.73. The largest absolute Gasteiger partial charge is 0.352 e. The SMILES string of the molecule is CC(C(=O)NC1CCCC1)N1CCCC(C=O)C1. The zero-order chi connectivity index (χ0) is 13.0. The molecule has 102 valence electrons. The van der Waals surface area contributed by atoms with Crippen LogP contribution in [-0.4, -0.2) is 42.3 Å². The van der Waals surface area contributed by atoms with Gasteiger partial charge in [-0.15, -0.1) is 0 Å². The highest BCUT2D eigenvalue weighted by Gasteiger charge is 2.28. The van der Waals surface area contributed by atoms with E-state index in [4.69, 9.17) is 0 Å². The molecule has 4 nitrogen and oxygen atoms in total. The zero-order valence-electron chi connectivity index (χ0n) is 11.2. The van der Waals surface area contributed by atoms with Gasteiger partial charge in [0.2, 0.25) is 5.91 Å². The molecule has 1 amide bonds. The topological polar surface area (TPSA) is 49.4 Å². The van der Waals surface area contributed by atoms with Crippen LogP contribution in [0.4, 0.5) is 0 Å². The first-order valence-corrected chi connectivity index (χ1v) is 7.20. The summed E-state index contributed by atoms with van der Waals surface area (Å²) >= 11 is 0. The molecule has 0 aromatic rings. The van der Waals surface area contributed by atoms with E-state index in [1.54, 1.807) is 0 Å². The Morgan fingerprint density at radius 3 is 2.67 bits per heavy atom. The summed E-state index contributed by atoms with van der Waals surface area (Å²) in [5, 5.41) is 3.14. The van der Waals surface area contributed by atoms with E-state index in [0.29, 0.717) is 6.04 Å². The third-order valence-electron chi connectivity index (χ3n) is 4.31. The summed E-state index contributed by atoms with van der Waals surface area (Å²) in [5.41, 5.74) is 0. The molecule has 1 saturated carbocycles. The lowest BCUT2D eigenvalue weighted by molar-refractivity contribution is -0.128. The summed E-state index contributed by atoms with van der Waals surface area (Å²) in [7, 11) is 0. The fraction of sp³-hybridized carbons (Fsp3) is 0.857. The van der Waals surface area contributed by atoms with Gasteiger partial charge in [0, 0.05) is 18.5 Å². The first-order chi connectivity index (χ1) is 8.70. The molecular formula is C14H24N2O2. The van der Waals surface area contributed by atoms with Crippen LogP contribution in [0.5, 0.6) is 0 Å². The Morgan fingerprint density at radius 1 is 1.28 bits per heavy atom. The number of carbonyl (C=O) groups excluding carboxylic acids is 2. The van der Waals surface area contributed by atoms with Crippen LogP contribution >= 0.6 is 0 Å². The van der Waals surface area contributed by atoms with E-state index in [1.165, 1.54) is 12.8 Å². The fourth-order valence-electron chi connectivity index (χ4n) is 3.06. The molecule has 2 atom stereocenters. The van der Waals surface area contributed by atoms with Crippen LogP contribution in [0.1, 0.15) is 45.4 Å². The highest BCUT2D eigenvalue weighted by Crippen LogP contribution is 2.19. The van der Waals surface area contributed by atoms with Crippen molar-refractivity contribution in [3.63, 3.8) is 0 Å². The van der Waals surface area contributed by atoms with Crippen LogP contribution in [-0.2, 0) is 9.59 Å². The molecule has 0 aromatic carbocycles. The van der Waals surface area contributed by atoms with Gasteiger partial charge in [0.05, 0.1) is 6.04 Å². The number of aldehydes is 1. The number of rotatable bonds is 4. The lowest BCUT2D eigenvalue weighted by Gasteiger charge is -2.34. The quantitative estimate of drug-likeness (QED) is 0.768. The van der Waals surface area contributed by atoms with Gasteiger partial charge in [0.25, 0.3) is 0 Å². The minimum Gasteiger partial charge on any atom is -0.352 e. The van der Waals surface area contributed by atoms with E-state index < -0.39 is 0 Å². The molecule has 2 rings (SSSR count). The zero-order valence-corrected chi connectivity index (χ0v) is 11.2. The molecule has 2 fully saturated rings. The van der Waals surface area contributed by atoms with E-state index >= 15 is 0 Å². The third kappa shape index (κ3) is 3.31. The number of amides is 1. The van der Waals surface area contributed by atoms with Gasteiger partial charge in [-0.05, 0) is 39.2 Å². The molecule has 0 bridgehead atoms. The lowest BCUT2D eigenvalue weighted by Crippen LogP contribution is -2.51. The smallest absolute Gasteiger partial charge is 0.237 e. The number of nitrogens with zero attached hydrogens (tertiary/aromatic N) is 1. The molecule has 1 aliphatic carbocycles. The second kappa shape index (κ2) is 6.32. The number of hydrogen-bond acceptors (Lipinski definition) is 3. The Hall–Kier alpha value is -0.900. The molecule has 2 aliphatic rings. The Morgan fingerprint density at radius 2 is 2.00 bits per heavy atom. The van der Waals surface area contributed by atoms with Crippen LogP contribution in [0.2, 0.25) is 0 Å². The first-order valence-electron chi connectivity index (χ1n) is 7.20. The molecule has 1 saturated heterocycles.